The zero-order valence-electron chi connectivity index (χ0n) is 12.3. The molecule has 1 aromatic carbocycles. The van der Waals surface area contributed by atoms with E-state index in [2.05, 4.69) is 31.8 Å². The Bertz CT molecular complexity index is 634. The Balaban J connectivity index is 1.51. The first-order valence-electron chi connectivity index (χ1n) is 7.22. The van der Waals surface area contributed by atoms with Crippen molar-refractivity contribution in [1.82, 2.24) is 26.5 Å². The van der Waals surface area contributed by atoms with Gasteiger partial charge in [-0.15, -0.1) is 11.3 Å². The largest absolute Gasteiger partial charge is 0.334 e. The van der Waals surface area contributed by atoms with Gasteiger partial charge in [-0.1, -0.05) is 24.3 Å². The number of carbonyl (C=O) groups is 1. The molecule has 3 rings (SSSR count). The minimum Gasteiger partial charge on any atom is -0.334 e. The zero-order valence-corrected chi connectivity index (χ0v) is 13.2. The van der Waals surface area contributed by atoms with Crippen LogP contribution in [0.2, 0.25) is 0 Å². The third kappa shape index (κ3) is 3.82. The summed E-state index contributed by atoms with van der Waals surface area (Å²) in [6.45, 7) is 4.00. The van der Waals surface area contributed by atoms with Crippen LogP contribution in [0.1, 0.15) is 10.6 Å². The first-order valence-corrected chi connectivity index (χ1v) is 8.10. The highest BCUT2D eigenvalue weighted by Gasteiger charge is 2.15. The number of rotatable bonds is 4. The number of nitrogens with one attached hydrogen (secondary N) is 4. The Morgan fingerprint density at radius 2 is 2.05 bits per heavy atom. The Labute approximate surface area is 133 Å². The summed E-state index contributed by atoms with van der Waals surface area (Å²) in [6.07, 6.45) is 0. The van der Waals surface area contributed by atoms with Crippen LogP contribution in [0.15, 0.2) is 29.6 Å². The van der Waals surface area contributed by atoms with Crippen molar-refractivity contribution < 1.29 is 4.79 Å². The van der Waals surface area contributed by atoms with Gasteiger partial charge < -0.3 is 10.6 Å². The molecule has 0 unspecified atom stereocenters. The van der Waals surface area contributed by atoms with E-state index in [1.165, 1.54) is 0 Å². The van der Waals surface area contributed by atoms with Gasteiger partial charge in [0.15, 0.2) is 0 Å². The molecule has 1 aliphatic heterocycles. The lowest BCUT2D eigenvalue weighted by molar-refractivity contribution is 0.238. The first kappa shape index (κ1) is 15.0. The first-order chi connectivity index (χ1) is 10.7. The molecular weight excluding hydrogens is 298 g/mol. The second-order valence-corrected chi connectivity index (χ2v) is 6.30. The lowest BCUT2D eigenvalue weighted by Gasteiger charge is -2.12. The summed E-state index contributed by atoms with van der Waals surface area (Å²) >= 11 is 1.65. The Morgan fingerprint density at radius 3 is 2.68 bits per heavy atom. The van der Waals surface area contributed by atoms with Crippen molar-refractivity contribution in [2.75, 3.05) is 13.1 Å². The van der Waals surface area contributed by atoms with Crippen molar-refractivity contribution in [2.45, 2.75) is 19.5 Å². The van der Waals surface area contributed by atoms with Crippen LogP contribution in [0.25, 0.3) is 11.3 Å². The van der Waals surface area contributed by atoms with E-state index < -0.39 is 0 Å². The van der Waals surface area contributed by atoms with Gasteiger partial charge in [-0.2, -0.15) is 0 Å². The van der Waals surface area contributed by atoms with E-state index in [1.807, 2.05) is 31.2 Å². The lowest BCUT2D eigenvalue weighted by Crippen LogP contribution is -2.44. The van der Waals surface area contributed by atoms with Crippen LogP contribution in [0.4, 0.5) is 4.79 Å². The van der Waals surface area contributed by atoms with Crippen LogP contribution in [-0.4, -0.2) is 30.1 Å². The number of aromatic nitrogens is 1. The molecule has 7 heteroatoms. The van der Waals surface area contributed by atoms with Crippen molar-refractivity contribution in [1.29, 1.82) is 0 Å². The molecule has 1 aromatic heterocycles. The van der Waals surface area contributed by atoms with Crippen LogP contribution in [-0.2, 0) is 6.54 Å². The van der Waals surface area contributed by atoms with Crippen LogP contribution in [0.3, 0.4) is 0 Å². The third-order valence-electron chi connectivity index (χ3n) is 3.48. The van der Waals surface area contributed by atoms with Crippen LogP contribution < -0.4 is 21.5 Å². The van der Waals surface area contributed by atoms with E-state index in [0.717, 1.165) is 34.9 Å². The van der Waals surface area contributed by atoms with E-state index in [1.54, 1.807) is 11.3 Å². The van der Waals surface area contributed by atoms with Gasteiger partial charge >= 0.3 is 6.03 Å². The van der Waals surface area contributed by atoms with Gasteiger partial charge in [0.2, 0.25) is 0 Å². The third-order valence-corrected chi connectivity index (χ3v) is 4.25. The molecular formula is C15H19N5OS. The molecule has 4 N–H and O–H groups in total. The van der Waals surface area contributed by atoms with Gasteiger partial charge in [0, 0.05) is 30.6 Å². The highest BCUT2D eigenvalue weighted by molar-refractivity contribution is 7.09. The van der Waals surface area contributed by atoms with Crippen LogP contribution in [0.5, 0.6) is 0 Å². The number of thiazole rings is 1. The molecule has 1 saturated heterocycles. The lowest BCUT2D eigenvalue weighted by atomic mass is 10.1. The molecule has 1 fully saturated rings. The molecule has 2 heterocycles. The summed E-state index contributed by atoms with van der Waals surface area (Å²) in [5.41, 5.74) is 9.12. The fourth-order valence-corrected chi connectivity index (χ4v) is 2.90. The fraction of sp³-hybridized carbons (Fsp3) is 0.333. The average molecular weight is 317 g/mol. The van der Waals surface area contributed by atoms with Gasteiger partial charge in [0.05, 0.1) is 16.7 Å². The maximum Gasteiger partial charge on any atom is 0.315 e. The van der Waals surface area contributed by atoms with E-state index >= 15 is 0 Å². The number of benzene rings is 1. The second-order valence-electron chi connectivity index (χ2n) is 5.23. The summed E-state index contributed by atoms with van der Waals surface area (Å²) in [4.78, 5) is 16.2. The molecule has 2 amide bonds. The second kappa shape index (κ2) is 6.87. The maximum absolute atomic E-state index is 11.8. The molecule has 6 nitrogen and oxygen atoms in total. The number of hydrogen-bond acceptors (Lipinski definition) is 5. The van der Waals surface area contributed by atoms with Crippen LogP contribution in [0, 0.1) is 6.92 Å². The van der Waals surface area contributed by atoms with E-state index in [0.29, 0.717) is 6.54 Å². The topological polar surface area (TPSA) is 78.1 Å². The molecule has 116 valence electrons. The van der Waals surface area contributed by atoms with Gasteiger partial charge in [-0.05, 0) is 12.5 Å². The van der Waals surface area contributed by atoms with E-state index in [-0.39, 0.29) is 12.1 Å². The Morgan fingerprint density at radius 1 is 1.32 bits per heavy atom. The number of hydrazine groups is 1. The van der Waals surface area contributed by atoms with E-state index in [4.69, 9.17) is 0 Å². The summed E-state index contributed by atoms with van der Waals surface area (Å²) in [5, 5.41) is 8.89. The average Bonchev–Trinajstić information content (AvgIpc) is 3.17. The van der Waals surface area contributed by atoms with Crippen molar-refractivity contribution in [3.8, 4) is 11.3 Å². The van der Waals surface area contributed by atoms with Gasteiger partial charge in [-0.25, -0.2) is 9.78 Å². The summed E-state index contributed by atoms with van der Waals surface area (Å²) in [6, 6.07) is 8.10. The molecule has 1 aliphatic rings. The fourth-order valence-electron chi connectivity index (χ4n) is 2.27. The molecule has 0 saturated carbocycles. The maximum atomic E-state index is 11.8. The standard InChI is InChI=1S/C15H19N5OS/c1-10-19-14(9-22-10)12-4-2-11(3-5-12)6-16-15(21)20-13-7-17-18-8-13/h2-5,9,13,17-18H,6-8H2,1H3,(H2,16,20,21). The zero-order chi connectivity index (χ0) is 15.4. The number of nitrogens with zero attached hydrogens (tertiary/aromatic N) is 1. The Kier molecular flexibility index (Phi) is 4.67. The van der Waals surface area contributed by atoms with Crippen molar-refractivity contribution in [3.63, 3.8) is 0 Å². The van der Waals surface area contributed by atoms with Gasteiger partial charge in [0.1, 0.15) is 0 Å². The molecule has 0 spiro atoms. The molecule has 2 aromatic rings. The van der Waals surface area contributed by atoms with Crippen LogP contribution >= 0.6 is 11.3 Å². The van der Waals surface area contributed by atoms with Crippen molar-refractivity contribution in [2.24, 2.45) is 0 Å². The normalized spacial score (nSPS) is 15.0. The molecule has 0 aliphatic carbocycles. The highest BCUT2D eigenvalue weighted by Crippen LogP contribution is 2.21. The van der Waals surface area contributed by atoms with Gasteiger partial charge in [0.25, 0.3) is 0 Å². The van der Waals surface area contributed by atoms with Crippen molar-refractivity contribution >= 4 is 17.4 Å². The number of hydrogen-bond donors (Lipinski definition) is 4. The Hall–Kier alpha value is -1.96. The quantitative estimate of drug-likeness (QED) is 0.687. The molecule has 0 atom stereocenters. The van der Waals surface area contributed by atoms with Crippen molar-refractivity contribution in [3.05, 3.63) is 40.2 Å². The van der Waals surface area contributed by atoms with Gasteiger partial charge in [-0.3, -0.25) is 10.9 Å². The summed E-state index contributed by atoms with van der Waals surface area (Å²) < 4.78 is 0. The smallest absolute Gasteiger partial charge is 0.315 e. The molecule has 0 bridgehead atoms. The SMILES string of the molecule is Cc1nc(-c2ccc(CNC(=O)NC3CNNC3)cc2)cs1. The predicted octanol–water partition coefficient (Wildman–Crippen LogP) is 1.39. The number of amides is 2. The minimum absolute atomic E-state index is 0.135. The predicted molar refractivity (Wildman–Crippen MR) is 87.5 cm³/mol. The molecule has 22 heavy (non-hydrogen) atoms. The highest BCUT2D eigenvalue weighted by atomic mass is 32.1. The van der Waals surface area contributed by atoms with E-state index in [9.17, 15) is 4.79 Å². The number of urea groups is 1. The number of aryl methyl sites for hydroxylation is 1. The summed E-state index contributed by atoms with van der Waals surface area (Å²) in [5.74, 6) is 0. The molecule has 0 radical (unpaired) electrons. The summed E-state index contributed by atoms with van der Waals surface area (Å²) in [7, 11) is 0. The number of carbonyl (C=O) groups excluding carboxylic acids is 1. The minimum atomic E-state index is -0.144. The monoisotopic (exact) mass is 317 g/mol.